The molecule has 0 aliphatic rings. The van der Waals surface area contributed by atoms with Gasteiger partial charge in [0.25, 0.3) is 0 Å². The smallest absolute Gasteiger partial charge is 0.550 e. The van der Waals surface area contributed by atoms with E-state index >= 15 is 0 Å². The van der Waals surface area contributed by atoms with E-state index in [4.69, 9.17) is 15.0 Å². The second-order valence-electron chi connectivity index (χ2n) is 2.91. The zero-order valence-electron chi connectivity index (χ0n) is 10.6. The summed E-state index contributed by atoms with van der Waals surface area (Å²) >= 11 is 0. The second kappa shape index (κ2) is 13.5. The first-order chi connectivity index (χ1) is 7.51. The van der Waals surface area contributed by atoms with Gasteiger partial charge in [0.1, 0.15) is 5.60 Å². The van der Waals surface area contributed by atoms with Crippen LogP contribution in [0, 0.1) is 0 Å². The molecule has 11 heteroatoms. The third-order valence-corrected chi connectivity index (χ3v) is 1.25. The van der Waals surface area contributed by atoms with Gasteiger partial charge in [-0.2, -0.15) is 0 Å². The summed E-state index contributed by atoms with van der Waals surface area (Å²) in [6, 6.07) is 0. The molecule has 0 saturated heterocycles. The Morgan fingerprint density at radius 1 is 0.947 bits per heavy atom. The Balaban J connectivity index is -0.000000165. The number of aliphatic carboxylic acids is 4. The Morgan fingerprint density at radius 3 is 1.26 bits per heavy atom. The van der Waals surface area contributed by atoms with Gasteiger partial charge in [-0.05, 0) is 6.92 Å². The van der Waals surface area contributed by atoms with Crippen molar-refractivity contribution in [2.75, 3.05) is 0 Å². The molecule has 0 amide bonds. The molecule has 0 radical (unpaired) electrons. The van der Waals surface area contributed by atoms with Crippen molar-refractivity contribution in [3.8, 4) is 0 Å². The first-order valence-corrected chi connectivity index (χ1v) is 4.02. The fourth-order valence-corrected chi connectivity index (χ4v) is 0.684. The minimum Gasteiger partial charge on any atom is -0.550 e. The molecule has 0 unspecified atom stereocenters. The van der Waals surface area contributed by atoms with Crippen LogP contribution in [0.4, 0.5) is 0 Å². The van der Waals surface area contributed by atoms with E-state index in [2.05, 4.69) is 0 Å². The van der Waals surface area contributed by atoms with Gasteiger partial charge in [-0.15, -0.1) is 0 Å². The number of carboxylic acid groups (broad SMARTS) is 4. The summed E-state index contributed by atoms with van der Waals surface area (Å²) in [5, 5.41) is 47.8. The molecular weight excluding hydrogens is 302 g/mol. The predicted molar refractivity (Wildman–Crippen MR) is 39.9 cm³/mol. The monoisotopic (exact) mass is 310 g/mol. The minimum atomic E-state index is -2.97. The Hall–Kier alpha value is 0.476. The molecule has 0 aliphatic carbocycles. The molecule has 0 spiro atoms. The van der Waals surface area contributed by atoms with Crippen molar-refractivity contribution in [2.45, 2.75) is 25.4 Å². The van der Waals surface area contributed by atoms with Gasteiger partial charge in [0.15, 0.2) is 0 Å². The number of hydrogen-bond donors (Lipinski definition) is 1. The van der Waals surface area contributed by atoms with Crippen molar-refractivity contribution in [1.29, 1.82) is 0 Å². The second-order valence-corrected chi connectivity index (χ2v) is 2.91. The number of carbonyl (C=O) groups excluding carboxylic acids is 4. The summed E-state index contributed by atoms with van der Waals surface area (Å²) in [5.41, 5.74) is -2.97. The average Bonchev–Trinajstić information content (AvgIpc) is 1.98. The van der Waals surface area contributed by atoms with Crippen LogP contribution in [0.25, 0.3) is 0 Å². The van der Waals surface area contributed by atoms with Gasteiger partial charge in [-0.25, -0.2) is 0 Å². The van der Waals surface area contributed by atoms with E-state index in [1.54, 1.807) is 0 Å². The molecule has 0 bridgehead atoms. The summed E-state index contributed by atoms with van der Waals surface area (Å²) in [5.74, 6) is -7.07. The number of carbonyl (C=O) groups is 4. The molecule has 0 saturated carbocycles. The predicted octanol–water partition coefficient (Wildman–Crippen LogP) is -12.5. The van der Waals surface area contributed by atoms with E-state index in [0.29, 0.717) is 0 Å². The van der Waals surface area contributed by atoms with E-state index in [1.807, 2.05) is 0 Å². The molecule has 0 heterocycles. The van der Waals surface area contributed by atoms with E-state index in [9.17, 15) is 29.7 Å². The molecule has 9 nitrogen and oxygen atoms in total. The molecule has 98 valence electrons. The molecule has 0 aromatic heterocycles. The minimum absolute atomic E-state index is 0. The number of rotatable bonds is 5. The van der Waals surface area contributed by atoms with Crippen LogP contribution in [0.15, 0.2) is 0 Å². The Bertz CT molecular complexity index is 310. The van der Waals surface area contributed by atoms with Gasteiger partial charge in [0, 0.05) is 30.7 Å². The van der Waals surface area contributed by atoms with Gasteiger partial charge < -0.3 is 44.7 Å². The van der Waals surface area contributed by atoms with Crippen molar-refractivity contribution in [1.82, 2.24) is 0 Å². The van der Waals surface area contributed by atoms with Crippen molar-refractivity contribution in [3.05, 3.63) is 0 Å². The van der Waals surface area contributed by atoms with Crippen molar-refractivity contribution in [3.63, 3.8) is 0 Å². The molecule has 1 N–H and O–H groups in total. The summed E-state index contributed by atoms with van der Waals surface area (Å²) < 4.78 is 0. The molecule has 0 aromatic rings. The van der Waals surface area contributed by atoms with Gasteiger partial charge >= 0.3 is 80.9 Å². The van der Waals surface area contributed by atoms with E-state index in [0.717, 1.165) is 6.92 Å². The van der Waals surface area contributed by atoms with E-state index in [-0.39, 0.29) is 80.9 Å². The molecule has 0 aliphatic heterocycles. The van der Waals surface area contributed by atoms with Gasteiger partial charge in [0.05, 0.1) is 5.97 Å². The van der Waals surface area contributed by atoms with Crippen LogP contribution in [0.5, 0.6) is 0 Å². The number of carboxylic acids is 4. The van der Waals surface area contributed by atoms with Crippen LogP contribution in [0.3, 0.4) is 0 Å². The Labute approximate surface area is 172 Å². The van der Waals surface area contributed by atoms with Crippen molar-refractivity contribution in [2.24, 2.45) is 0 Å². The summed E-state index contributed by atoms with van der Waals surface area (Å²) in [6.45, 7) is 0.972. The topological polar surface area (TPSA) is 181 Å². The normalized spacial score (nSPS) is 8.74. The van der Waals surface area contributed by atoms with E-state index in [1.165, 1.54) is 0 Å². The average molecular weight is 310 g/mol. The largest absolute Gasteiger partial charge is 1.00 e. The Kier molecular flexibility index (Phi) is 19.7. The van der Waals surface area contributed by atoms with Gasteiger partial charge in [-0.1, -0.05) is 0 Å². The van der Waals surface area contributed by atoms with Gasteiger partial charge in [-0.3, -0.25) is 0 Å². The number of aliphatic hydroxyl groups is 1. The third-order valence-electron chi connectivity index (χ3n) is 1.25. The maximum atomic E-state index is 10.1. The van der Waals surface area contributed by atoms with Crippen molar-refractivity contribution < 1.29 is 126 Å². The summed E-state index contributed by atoms with van der Waals surface area (Å²) in [7, 11) is 0. The molecule has 0 atom stereocenters. The van der Waals surface area contributed by atoms with Crippen LogP contribution >= 0.6 is 0 Å². The quantitative estimate of drug-likeness (QED) is 0.482. The fourth-order valence-electron chi connectivity index (χ4n) is 0.684. The Morgan fingerprint density at radius 2 is 1.16 bits per heavy atom. The molecule has 0 rings (SSSR count). The van der Waals surface area contributed by atoms with Crippen LogP contribution < -0.4 is 101 Å². The third kappa shape index (κ3) is 18.5. The zero-order chi connectivity index (χ0) is 14.2. The molecular formula is C8H8KNaO9-2. The van der Waals surface area contributed by atoms with E-state index < -0.39 is 42.3 Å². The van der Waals surface area contributed by atoms with Crippen LogP contribution in [0.1, 0.15) is 19.8 Å². The van der Waals surface area contributed by atoms with Crippen molar-refractivity contribution >= 4 is 23.9 Å². The zero-order valence-corrected chi connectivity index (χ0v) is 15.8. The standard InChI is InChI=1S/C6H8O7.C2H4O2.K.Na/c7-3(8)1-6(13,5(11)12)2-4(9)10;1-2(3)4;;/h13H,1-2H2,(H,7,8)(H,9,10)(H,11,12);1H3,(H,3,4);;/q;;2*+1/p-4. The fraction of sp³-hybridized carbons (Fsp3) is 0.500. The van der Waals surface area contributed by atoms with Crippen LogP contribution in [-0.2, 0) is 19.2 Å². The van der Waals surface area contributed by atoms with Crippen LogP contribution in [-0.4, -0.2) is 34.6 Å². The molecule has 19 heavy (non-hydrogen) atoms. The van der Waals surface area contributed by atoms with Crippen LogP contribution in [0.2, 0.25) is 0 Å². The SMILES string of the molecule is CC(=O)[O-].O=C([O-])CC(O)(CC(=O)[O-])C(=O)[O-].[K+].[Na+]. The van der Waals surface area contributed by atoms with Gasteiger partial charge in [0.2, 0.25) is 0 Å². The first-order valence-electron chi connectivity index (χ1n) is 4.02. The summed E-state index contributed by atoms with van der Waals surface area (Å²) in [6.07, 6.45) is -2.72. The maximum absolute atomic E-state index is 10.1. The molecule has 0 fully saturated rings. The summed E-state index contributed by atoms with van der Waals surface area (Å²) in [4.78, 5) is 38.9. The first kappa shape index (κ1) is 27.8. The number of hydrogen-bond acceptors (Lipinski definition) is 9. The maximum Gasteiger partial charge on any atom is 1.00 e. The molecule has 0 aromatic carbocycles.